The molecule has 0 radical (unpaired) electrons. The van der Waals surface area contributed by atoms with Crippen molar-refractivity contribution in [3.8, 4) is 11.5 Å². The van der Waals surface area contributed by atoms with E-state index in [2.05, 4.69) is 5.32 Å². The number of carbonyl (C=O) groups excluding carboxylic acids is 1. The van der Waals surface area contributed by atoms with Crippen molar-refractivity contribution in [3.63, 3.8) is 0 Å². The maximum atomic E-state index is 12.1. The van der Waals surface area contributed by atoms with Crippen molar-refractivity contribution in [1.29, 1.82) is 0 Å². The molecule has 1 amide bonds. The first-order valence-corrected chi connectivity index (χ1v) is 8.22. The highest BCUT2D eigenvalue weighted by atomic mass is 32.1. The standard InChI is InChI=1S/C17H21NO4S/c1-12(18-17(19)14-6-9-23-11-14)13-4-5-15(16(10-13)21-3)22-8-7-20-2/h4-6,9-12H,7-8H2,1-3H3,(H,18,19)/t12-/m1/s1. The van der Waals surface area contributed by atoms with Gasteiger partial charge >= 0.3 is 0 Å². The largest absolute Gasteiger partial charge is 0.493 e. The van der Waals surface area contributed by atoms with Crippen LogP contribution in [0.1, 0.15) is 28.9 Å². The monoisotopic (exact) mass is 335 g/mol. The molecule has 1 N–H and O–H groups in total. The predicted octanol–water partition coefficient (Wildman–Crippen LogP) is 3.27. The molecule has 0 unspecified atom stereocenters. The second-order valence-electron chi connectivity index (χ2n) is 4.96. The lowest BCUT2D eigenvalue weighted by Gasteiger charge is -2.17. The smallest absolute Gasteiger partial charge is 0.252 e. The number of hydrogen-bond donors (Lipinski definition) is 1. The number of hydrogen-bond acceptors (Lipinski definition) is 5. The number of ether oxygens (including phenoxy) is 3. The molecular formula is C17H21NO4S. The molecule has 0 aliphatic carbocycles. The molecule has 124 valence electrons. The topological polar surface area (TPSA) is 56.8 Å². The zero-order chi connectivity index (χ0) is 16.7. The van der Waals surface area contributed by atoms with Crippen molar-refractivity contribution in [2.45, 2.75) is 13.0 Å². The molecule has 1 aromatic carbocycles. The van der Waals surface area contributed by atoms with Crippen molar-refractivity contribution in [2.24, 2.45) is 0 Å². The molecule has 2 rings (SSSR count). The summed E-state index contributed by atoms with van der Waals surface area (Å²) >= 11 is 1.50. The van der Waals surface area contributed by atoms with Gasteiger partial charge in [-0.05, 0) is 36.1 Å². The summed E-state index contributed by atoms with van der Waals surface area (Å²) < 4.78 is 15.9. The highest BCUT2D eigenvalue weighted by molar-refractivity contribution is 7.08. The Morgan fingerprint density at radius 2 is 2.04 bits per heavy atom. The van der Waals surface area contributed by atoms with E-state index in [0.717, 1.165) is 5.56 Å². The highest BCUT2D eigenvalue weighted by Crippen LogP contribution is 2.30. The Balaban J connectivity index is 2.05. The Bertz CT molecular complexity index is 628. The van der Waals surface area contributed by atoms with Gasteiger partial charge in [0.15, 0.2) is 11.5 Å². The van der Waals surface area contributed by atoms with E-state index in [4.69, 9.17) is 14.2 Å². The van der Waals surface area contributed by atoms with E-state index in [0.29, 0.717) is 30.3 Å². The number of nitrogens with one attached hydrogen (secondary N) is 1. The van der Waals surface area contributed by atoms with Gasteiger partial charge in [0.25, 0.3) is 5.91 Å². The molecule has 6 heteroatoms. The van der Waals surface area contributed by atoms with Crippen LogP contribution < -0.4 is 14.8 Å². The highest BCUT2D eigenvalue weighted by Gasteiger charge is 2.14. The lowest BCUT2D eigenvalue weighted by molar-refractivity contribution is 0.0940. The molecule has 0 aliphatic heterocycles. The van der Waals surface area contributed by atoms with Crippen molar-refractivity contribution < 1.29 is 19.0 Å². The Kier molecular flexibility index (Phi) is 6.43. The molecule has 0 spiro atoms. The summed E-state index contributed by atoms with van der Waals surface area (Å²) in [6.45, 7) is 2.90. The predicted molar refractivity (Wildman–Crippen MR) is 90.6 cm³/mol. The lowest BCUT2D eigenvalue weighted by Crippen LogP contribution is -2.26. The number of amides is 1. The second kappa shape index (κ2) is 8.55. The Hall–Kier alpha value is -2.05. The van der Waals surface area contributed by atoms with E-state index in [1.807, 2.05) is 35.9 Å². The zero-order valence-corrected chi connectivity index (χ0v) is 14.3. The van der Waals surface area contributed by atoms with Crippen molar-refractivity contribution in [1.82, 2.24) is 5.32 Å². The fourth-order valence-electron chi connectivity index (χ4n) is 2.06. The van der Waals surface area contributed by atoms with Crippen molar-refractivity contribution in [2.75, 3.05) is 27.4 Å². The number of thiophene rings is 1. The minimum Gasteiger partial charge on any atom is -0.493 e. The Morgan fingerprint density at radius 3 is 2.70 bits per heavy atom. The van der Waals surface area contributed by atoms with Gasteiger partial charge < -0.3 is 19.5 Å². The molecule has 5 nitrogen and oxygen atoms in total. The van der Waals surface area contributed by atoms with Crippen molar-refractivity contribution in [3.05, 3.63) is 46.2 Å². The third kappa shape index (κ3) is 4.71. The Morgan fingerprint density at radius 1 is 1.22 bits per heavy atom. The van der Waals surface area contributed by atoms with Crippen LogP contribution in [-0.2, 0) is 4.74 Å². The van der Waals surface area contributed by atoms with Gasteiger partial charge in [-0.15, -0.1) is 0 Å². The number of carbonyl (C=O) groups is 1. The minimum atomic E-state index is -0.135. The molecule has 0 saturated heterocycles. The summed E-state index contributed by atoms with van der Waals surface area (Å²) in [6, 6.07) is 7.31. The van der Waals surface area contributed by atoms with Crippen LogP contribution >= 0.6 is 11.3 Å². The summed E-state index contributed by atoms with van der Waals surface area (Å²) in [5.74, 6) is 1.21. The number of benzene rings is 1. The maximum absolute atomic E-state index is 12.1. The van der Waals surface area contributed by atoms with Crippen LogP contribution in [0.4, 0.5) is 0 Å². The molecule has 1 atom stereocenters. The van der Waals surface area contributed by atoms with Crippen LogP contribution in [0, 0.1) is 0 Å². The normalized spacial score (nSPS) is 11.8. The average Bonchev–Trinajstić information content (AvgIpc) is 3.09. The van der Waals surface area contributed by atoms with E-state index in [1.54, 1.807) is 20.3 Å². The van der Waals surface area contributed by atoms with Gasteiger partial charge in [0, 0.05) is 12.5 Å². The summed E-state index contributed by atoms with van der Waals surface area (Å²) in [7, 11) is 3.22. The molecule has 23 heavy (non-hydrogen) atoms. The molecule has 0 saturated carbocycles. The molecule has 0 fully saturated rings. The molecule has 1 aromatic heterocycles. The summed E-state index contributed by atoms with van der Waals surface area (Å²) in [6.07, 6.45) is 0. The second-order valence-corrected chi connectivity index (χ2v) is 5.74. The quantitative estimate of drug-likeness (QED) is 0.752. The van der Waals surface area contributed by atoms with Crippen LogP contribution in [0.3, 0.4) is 0 Å². The molecule has 0 bridgehead atoms. The summed E-state index contributed by atoms with van der Waals surface area (Å²) in [5, 5.41) is 6.69. The molecule has 1 heterocycles. The summed E-state index contributed by atoms with van der Waals surface area (Å²) in [5.41, 5.74) is 1.62. The van der Waals surface area contributed by atoms with Gasteiger partial charge in [0.1, 0.15) is 6.61 Å². The minimum absolute atomic E-state index is 0.0851. The van der Waals surface area contributed by atoms with E-state index in [9.17, 15) is 4.79 Å². The fraction of sp³-hybridized carbons (Fsp3) is 0.353. The van der Waals surface area contributed by atoms with Crippen LogP contribution in [-0.4, -0.2) is 33.3 Å². The molecule has 0 aliphatic rings. The van der Waals surface area contributed by atoms with Gasteiger partial charge in [-0.25, -0.2) is 0 Å². The maximum Gasteiger partial charge on any atom is 0.252 e. The first kappa shape index (κ1) is 17.3. The van der Waals surface area contributed by atoms with Gasteiger partial charge in [-0.3, -0.25) is 4.79 Å². The average molecular weight is 335 g/mol. The molecular weight excluding hydrogens is 314 g/mol. The van der Waals surface area contributed by atoms with Gasteiger partial charge in [-0.1, -0.05) is 6.07 Å². The van der Waals surface area contributed by atoms with E-state index in [1.165, 1.54) is 11.3 Å². The van der Waals surface area contributed by atoms with Crippen LogP contribution in [0.5, 0.6) is 11.5 Å². The molecule has 2 aromatic rings. The van der Waals surface area contributed by atoms with Crippen LogP contribution in [0.2, 0.25) is 0 Å². The van der Waals surface area contributed by atoms with E-state index < -0.39 is 0 Å². The third-order valence-corrected chi connectivity index (χ3v) is 4.05. The van der Waals surface area contributed by atoms with Crippen LogP contribution in [0.15, 0.2) is 35.0 Å². The SMILES string of the molecule is COCCOc1ccc([C@@H](C)NC(=O)c2ccsc2)cc1OC. The number of methoxy groups -OCH3 is 2. The lowest BCUT2D eigenvalue weighted by atomic mass is 10.1. The fourth-order valence-corrected chi connectivity index (χ4v) is 2.70. The number of rotatable bonds is 8. The van der Waals surface area contributed by atoms with Gasteiger partial charge in [-0.2, -0.15) is 11.3 Å². The third-order valence-electron chi connectivity index (χ3n) is 3.36. The van der Waals surface area contributed by atoms with Gasteiger partial charge in [0.2, 0.25) is 0 Å². The zero-order valence-electron chi connectivity index (χ0n) is 13.5. The van der Waals surface area contributed by atoms with E-state index in [-0.39, 0.29) is 11.9 Å². The first-order chi connectivity index (χ1) is 11.2. The van der Waals surface area contributed by atoms with E-state index >= 15 is 0 Å². The van der Waals surface area contributed by atoms with Crippen molar-refractivity contribution >= 4 is 17.2 Å². The first-order valence-electron chi connectivity index (χ1n) is 7.28. The summed E-state index contributed by atoms with van der Waals surface area (Å²) in [4.78, 5) is 12.1. The van der Waals surface area contributed by atoms with Gasteiger partial charge in [0.05, 0.1) is 25.3 Å². The van der Waals surface area contributed by atoms with Crippen LogP contribution in [0.25, 0.3) is 0 Å². The Labute approximate surface area is 140 Å².